The smallest absolute Gasteiger partial charge is 0.351 e. The van der Waals surface area contributed by atoms with Crippen LogP contribution in [0.4, 0.5) is 0 Å². The van der Waals surface area contributed by atoms with Crippen molar-refractivity contribution >= 4 is 18.4 Å². The van der Waals surface area contributed by atoms with Crippen LogP contribution in [0.15, 0.2) is 12.7 Å². The molecule has 0 N–H and O–H groups in total. The fourth-order valence-electron chi connectivity index (χ4n) is 0.277. The summed E-state index contributed by atoms with van der Waals surface area (Å²) in [5, 5.41) is 0. The predicted molar refractivity (Wildman–Crippen MR) is 33.3 cm³/mol. The molecule has 5 heteroatoms. The van der Waals surface area contributed by atoms with Crippen LogP contribution in [0.1, 0.15) is 0 Å². The van der Waals surface area contributed by atoms with E-state index < -0.39 is 18.5 Å². The number of hydrogen-bond acceptors (Lipinski definition) is 5. The van der Waals surface area contributed by atoms with Gasteiger partial charge in [0.25, 0.3) is 0 Å². The van der Waals surface area contributed by atoms with Crippen LogP contribution in [0.25, 0.3) is 0 Å². The molecule has 0 unspecified atom stereocenters. The Morgan fingerprint density at radius 2 is 2.09 bits per heavy atom. The molecule has 0 amide bonds. The lowest BCUT2D eigenvalue weighted by Crippen LogP contribution is -2.14. The lowest BCUT2D eigenvalue weighted by atomic mass is 10.6. The van der Waals surface area contributed by atoms with Gasteiger partial charge in [0.05, 0.1) is 0 Å². The molecule has 0 bridgehead atoms. The van der Waals surface area contributed by atoms with Crippen molar-refractivity contribution in [2.45, 2.75) is 0 Å². The minimum Gasteiger partial charge on any atom is -0.451 e. The monoisotopic (exact) mass is 158 g/mol. The molecular weight excluding hydrogens is 152 g/mol. The van der Waals surface area contributed by atoms with Crippen molar-refractivity contribution in [3.63, 3.8) is 0 Å². The van der Waals surface area contributed by atoms with Gasteiger partial charge in [-0.25, -0.2) is 9.59 Å². The largest absolute Gasteiger partial charge is 0.451 e. The van der Waals surface area contributed by atoms with Gasteiger partial charge in [-0.2, -0.15) is 0 Å². The average molecular weight is 158 g/mol. The third-order valence-corrected chi connectivity index (χ3v) is 0.679. The van der Waals surface area contributed by atoms with E-state index in [1.807, 2.05) is 0 Å². The first-order valence-corrected chi connectivity index (χ1v) is 2.63. The van der Waals surface area contributed by atoms with Crippen LogP contribution in [0, 0.1) is 0 Å². The Balaban J connectivity index is 3.53. The summed E-state index contributed by atoms with van der Waals surface area (Å²) in [6.07, 6.45) is 0.897. The van der Waals surface area contributed by atoms with Crippen LogP contribution in [0.3, 0.4) is 0 Å². The Hall–Kier alpha value is -1.65. The van der Waals surface area contributed by atoms with E-state index in [1.165, 1.54) is 0 Å². The highest BCUT2D eigenvalue weighted by atomic mass is 16.6. The summed E-state index contributed by atoms with van der Waals surface area (Å²) in [5.41, 5.74) is 0. The number of rotatable bonds is 4. The standard InChI is InChI=1S/C6H6O5/c1-2-5(8)10-3-6(9)11-4-7/h2,4H,1,3H2. The quantitative estimate of drug-likeness (QED) is 0.237. The van der Waals surface area contributed by atoms with Gasteiger partial charge in [-0.3, -0.25) is 4.79 Å². The zero-order valence-electron chi connectivity index (χ0n) is 5.61. The molecule has 0 heterocycles. The van der Waals surface area contributed by atoms with Crippen LogP contribution in [0.2, 0.25) is 0 Å². The van der Waals surface area contributed by atoms with Gasteiger partial charge in [0.2, 0.25) is 0 Å². The van der Waals surface area contributed by atoms with Crippen molar-refractivity contribution in [1.29, 1.82) is 0 Å². The molecule has 0 saturated heterocycles. The van der Waals surface area contributed by atoms with E-state index in [2.05, 4.69) is 16.1 Å². The van der Waals surface area contributed by atoms with E-state index >= 15 is 0 Å². The zero-order chi connectivity index (χ0) is 8.69. The molecule has 0 atom stereocenters. The number of ether oxygens (including phenoxy) is 2. The van der Waals surface area contributed by atoms with Gasteiger partial charge in [-0.15, -0.1) is 0 Å². The van der Waals surface area contributed by atoms with Gasteiger partial charge >= 0.3 is 18.4 Å². The topological polar surface area (TPSA) is 69.7 Å². The SMILES string of the molecule is C=CC(=O)OCC(=O)OC=O. The molecule has 5 nitrogen and oxygen atoms in total. The Bertz CT molecular complexity index is 183. The maximum atomic E-state index is 10.3. The normalized spacial score (nSPS) is 8.00. The van der Waals surface area contributed by atoms with Crippen LogP contribution >= 0.6 is 0 Å². The summed E-state index contributed by atoms with van der Waals surface area (Å²) in [7, 11) is 0. The number of carbonyl (C=O) groups excluding carboxylic acids is 3. The molecule has 0 aliphatic rings. The summed E-state index contributed by atoms with van der Waals surface area (Å²) >= 11 is 0. The van der Waals surface area contributed by atoms with Crippen molar-refractivity contribution in [3.8, 4) is 0 Å². The van der Waals surface area contributed by atoms with Gasteiger partial charge in [0.1, 0.15) is 0 Å². The highest BCUT2D eigenvalue weighted by molar-refractivity contribution is 5.84. The van der Waals surface area contributed by atoms with Crippen molar-refractivity contribution in [1.82, 2.24) is 0 Å². The molecule has 0 saturated carbocycles. The van der Waals surface area contributed by atoms with Gasteiger partial charge in [-0.1, -0.05) is 6.58 Å². The molecule has 11 heavy (non-hydrogen) atoms. The highest BCUT2D eigenvalue weighted by Crippen LogP contribution is 1.81. The second-order valence-electron chi connectivity index (χ2n) is 1.40. The second kappa shape index (κ2) is 5.16. The van der Waals surface area contributed by atoms with Crippen LogP contribution < -0.4 is 0 Å². The van der Waals surface area contributed by atoms with Crippen molar-refractivity contribution in [3.05, 3.63) is 12.7 Å². The molecule has 0 aliphatic carbocycles. The predicted octanol–water partition coefficient (Wildman–Crippen LogP) is -0.585. The Morgan fingerprint density at radius 1 is 1.45 bits per heavy atom. The van der Waals surface area contributed by atoms with E-state index in [-0.39, 0.29) is 6.47 Å². The first-order chi connectivity index (χ1) is 5.20. The second-order valence-corrected chi connectivity index (χ2v) is 1.40. The van der Waals surface area contributed by atoms with Crippen LogP contribution in [-0.4, -0.2) is 25.0 Å². The minimum atomic E-state index is -0.921. The Kier molecular flexibility index (Phi) is 4.39. The number of carbonyl (C=O) groups is 3. The van der Waals surface area contributed by atoms with Gasteiger partial charge in [0, 0.05) is 6.08 Å². The molecular formula is C6H6O5. The average Bonchev–Trinajstić information content (AvgIpc) is 2.01. The Labute approximate surface area is 62.6 Å². The van der Waals surface area contributed by atoms with E-state index in [9.17, 15) is 14.4 Å². The van der Waals surface area contributed by atoms with E-state index in [4.69, 9.17) is 0 Å². The molecule has 0 rings (SSSR count). The van der Waals surface area contributed by atoms with Crippen LogP contribution in [-0.2, 0) is 23.9 Å². The van der Waals surface area contributed by atoms with E-state index in [0.29, 0.717) is 0 Å². The van der Waals surface area contributed by atoms with Gasteiger partial charge in [-0.05, 0) is 0 Å². The molecule has 60 valence electrons. The molecule has 0 radical (unpaired) electrons. The first kappa shape index (κ1) is 9.35. The fourth-order valence-corrected chi connectivity index (χ4v) is 0.277. The lowest BCUT2D eigenvalue weighted by molar-refractivity contribution is -0.159. The third-order valence-electron chi connectivity index (χ3n) is 0.679. The Morgan fingerprint density at radius 3 is 2.55 bits per heavy atom. The first-order valence-electron chi connectivity index (χ1n) is 2.63. The maximum Gasteiger partial charge on any atom is 0.351 e. The third kappa shape index (κ3) is 4.83. The summed E-state index contributed by atoms with van der Waals surface area (Å²) < 4.78 is 8.02. The van der Waals surface area contributed by atoms with Crippen molar-refractivity contribution < 1.29 is 23.9 Å². The van der Waals surface area contributed by atoms with E-state index in [0.717, 1.165) is 6.08 Å². The minimum absolute atomic E-state index is 0.0376. The molecule has 0 aliphatic heterocycles. The molecule has 0 aromatic rings. The lowest BCUT2D eigenvalue weighted by Gasteiger charge is -1.96. The summed E-state index contributed by atoms with van der Waals surface area (Å²) in [5.74, 6) is -1.66. The maximum absolute atomic E-state index is 10.3. The number of esters is 2. The van der Waals surface area contributed by atoms with Gasteiger partial charge < -0.3 is 9.47 Å². The van der Waals surface area contributed by atoms with Crippen molar-refractivity contribution in [2.75, 3.05) is 6.61 Å². The molecule has 0 spiro atoms. The molecule has 0 aromatic carbocycles. The summed E-state index contributed by atoms with van der Waals surface area (Å²) in [6.45, 7) is 2.47. The molecule has 0 fully saturated rings. The summed E-state index contributed by atoms with van der Waals surface area (Å²) in [6, 6.07) is 0. The van der Waals surface area contributed by atoms with E-state index in [1.54, 1.807) is 0 Å². The molecule has 0 aromatic heterocycles. The summed E-state index contributed by atoms with van der Waals surface area (Å²) in [4.78, 5) is 30.1. The van der Waals surface area contributed by atoms with Gasteiger partial charge in [0.15, 0.2) is 6.61 Å². The zero-order valence-corrected chi connectivity index (χ0v) is 5.61. The van der Waals surface area contributed by atoms with Crippen LogP contribution in [0.5, 0.6) is 0 Å². The number of hydrogen-bond donors (Lipinski definition) is 0. The fraction of sp³-hybridized carbons (Fsp3) is 0.167. The van der Waals surface area contributed by atoms with Crippen molar-refractivity contribution in [2.24, 2.45) is 0 Å². The highest BCUT2D eigenvalue weighted by Gasteiger charge is 2.04.